The third-order valence-electron chi connectivity index (χ3n) is 6.11. The largest absolute Gasteiger partial charge is 0.444 e. The number of amides is 3. The van der Waals surface area contributed by atoms with E-state index in [9.17, 15) is 14.4 Å². The number of carbonyl (C=O) groups excluding carboxylic acids is 3. The smallest absolute Gasteiger partial charge is 0.410 e. The van der Waals surface area contributed by atoms with Crippen LogP contribution < -0.4 is 10.2 Å². The maximum atomic E-state index is 13.2. The van der Waals surface area contributed by atoms with Crippen LogP contribution in [-0.4, -0.2) is 53.6 Å². The Hall–Kier alpha value is -2.83. The zero-order valence-electron chi connectivity index (χ0n) is 21.2. The molecule has 0 spiro atoms. The maximum absolute atomic E-state index is 13.2. The topological polar surface area (TPSA) is 79.0 Å². The van der Waals surface area contributed by atoms with Gasteiger partial charge in [-0.2, -0.15) is 0 Å². The first-order valence-corrected chi connectivity index (χ1v) is 12.4. The van der Waals surface area contributed by atoms with Gasteiger partial charge in [0.1, 0.15) is 11.6 Å². The Morgan fingerprint density at radius 1 is 1.15 bits per heavy atom. The normalized spacial score (nSPS) is 19.3. The van der Waals surface area contributed by atoms with Crippen molar-refractivity contribution in [3.05, 3.63) is 42.0 Å². The van der Waals surface area contributed by atoms with Crippen molar-refractivity contribution < 1.29 is 19.1 Å². The Kier molecular flexibility index (Phi) is 8.39. The van der Waals surface area contributed by atoms with Crippen LogP contribution in [0.15, 0.2) is 36.4 Å². The van der Waals surface area contributed by atoms with Crippen LogP contribution >= 0.6 is 0 Å². The average Bonchev–Trinajstić information content (AvgIpc) is 3.20. The number of likely N-dealkylation sites (tertiary alicyclic amines) is 1. The summed E-state index contributed by atoms with van der Waals surface area (Å²) in [4.78, 5) is 42.2. The van der Waals surface area contributed by atoms with Crippen LogP contribution in [-0.2, 0) is 20.7 Å². The molecule has 7 nitrogen and oxygen atoms in total. The van der Waals surface area contributed by atoms with Crippen molar-refractivity contribution in [3.63, 3.8) is 0 Å². The van der Waals surface area contributed by atoms with E-state index in [4.69, 9.17) is 4.74 Å². The van der Waals surface area contributed by atoms with E-state index in [1.807, 2.05) is 39.0 Å². The molecule has 2 unspecified atom stereocenters. The summed E-state index contributed by atoms with van der Waals surface area (Å²) in [6, 6.07) is 7.09. The van der Waals surface area contributed by atoms with E-state index in [0.717, 1.165) is 24.9 Å². The highest BCUT2D eigenvalue weighted by Crippen LogP contribution is 2.27. The first-order chi connectivity index (χ1) is 16.0. The first-order valence-electron chi connectivity index (χ1n) is 12.4. The lowest BCUT2D eigenvalue weighted by Crippen LogP contribution is -2.54. The van der Waals surface area contributed by atoms with Gasteiger partial charge in [0.15, 0.2) is 0 Å². The molecule has 2 aliphatic heterocycles. The van der Waals surface area contributed by atoms with Crippen LogP contribution in [0.5, 0.6) is 0 Å². The van der Waals surface area contributed by atoms with E-state index in [2.05, 4.69) is 25.2 Å². The summed E-state index contributed by atoms with van der Waals surface area (Å²) in [5.74, 6) is 0.0479. The molecule has 186 valence electrons. The van der Waals surface area contributed by atoms with E-state index in [-0.39, 0.29) is 17.9 Å². The fourth-order valence-electron chi connectivity index (χ4n) is 4.57. The second-order valence-electron chi connectivity index (χ2n) is 10.7. The number of hydrogen-bond donors (Lipinski definition) is 1. The van der Waals surface area contributed by atoms with Gasteiger partial charge in [-0.15, -0.1) is 0 Å². The minimum Gasteiger partial charge on any atom is -0.444 e. The summed E-state index contributed by atoms with van der Waals surface area (Å²) < 4.78 is 5.53. The molecule has 34 heavy (non-hydrogen) atoms. The molecule has 2 heterocycles. The molecular weight excluding hydrogens is 430 g/mol. The predicted octanol–water partition coefficient (Wildman–Crippen LogP) is 4.45. The fourth-order valence-corrected chi connectivity index (χ4v) is 4.57. The third-order valence-corrected chi connectivity index (χ3v) is 6.11. The lowest BCUT2D eigenvalue weighted by atomic mass is 9.99. The molecule has 0 bridgehead atoms. The number of carbonyl (C=O) groups is 3. The molecule has 1 N–H and O–H groups in total. The molecule has 0 aromatic heterocycles. The van der Waals surface area contributed by atoms with Crippen molar-refractivity contribution in [2.24, 2.45) is 5.92 Å². The molecule has 1 saturated heterocycles. The van der Waals surface area contributed by atoms with E-state index >= 15 is 0 Å². The van der Waals surface area contributed by atoms with Crippen molar-refractivity contribution in [3.8, 4) is 0 Å². The summed E-state index contributed by atoms with van der Waals surface area (Å²) in [7, 11) is 0. The quantitative estimate of drug-likeness (QED) is 0.624. The van der Waals surface area contributed by atoms with Crippen LogP contribution in [0, 0.1) is 5.92 Å². The molecule has 2 atom stereocenters. The van der Waals surface area contributed by atoms with Gasteiger partial charge in [0.25, 0.3) is 5.91 Å². The van der Waals surface area contributed by atoms with Gasteiger partial charge in [0, 0.05) is 30.9 Å². The summed E-state index contributed by atoms with van der Waals surface area (Å²) in [5, 5.41) is 3.08. The molecule has 1 aromatic carbocycles. The molecule has 0 radical (unpaired) electrons. The number of rotatable bonds is 6. The van der Waals surface area contributed by atoms with E-state index in [1.54, 1.807) is 22.0 Å². The van der Waals surface area contributed by atoms with Crippen LogP contribution in [0.2, 0.25) is 0 Å². The highest BCUT2D eigenvalue weighted by atomic mass is 16.6. The van der Waals surface area contributed by atoms with Crippen LogP contribution in [0.3, 0.4) is 0 Å². The van der Waals surface area contributed by atoms with Gasteiger partial charge in [0.2, 0.25) is 5.91 Å². The van der Waals surface area contributed by atoms with Gasteiger partial charge in [0.05, 0.1) is 0 Å². The van der Waals surface area contributed by atoms with Gasteiger partial charge in [-0.25, -0.2) is 4.79 Å². The Balaban J connectivity index is 1.68. The van der Waals surface area contributed by atoms with Crippen molar-refractivity contribution >= 4 is 23.6 Å². The Labute approximate surface area is 203 Å². The van der Waals surface area contributed by atoms with Gasteiger partial charge in [-0.05, 0) is 70.4 Å². The van der Waals surface area contributed by atoms with Crippen LogP contribution in [0.25, 0.3) is 0 Å². The minimum atomic E-state index is -0.618. The summed E-state index contributed by atoms with van der Waals surface area (Å²) >= 11 is 0. The second-order valence-corrected chi connectivity index (χ2v) is 10.7. The molecule has 7 heteroatoms. The number of piperidine rings is 1. The number of nitrogens with one attached hydrogen (secondary N) is 1. The van der Waals surface area contributed by atoms with E-state index < -0.39 is 17.7 Å². The number of fused-ring (bicyclic) bond motifs is 1. The highest BCUT2D eigenvalue weighted by molar-refractivity contribution is 6.03. The van der Waals surface area contributed by atoms with Crippen LogP contribution in [0.1, 0.15) is 65.9 Å². The lowest BCUT2D eigenvalue weighted by Gasteiger charge is -2.36. The Bertz CT molecular complexity index is 919. The minimum absolute atomic E-state index is 0.0824. The van der Waals surface area contributed by atoms with Crippen molar-refractivity contribution in [1.82, 2.24) is 10.2 Å². The first kappa shape index (κ1) is 25.8. The second kappa shape index (κ2) is 11.1. The molecule has 3 rings (SSSR count). The third kappa shape index (κ3) is 6.84. The molecule has 0 aliphatic carbocycles. The molecule has 3 amide bonds. The molecule has 2 aliphatic rings. The average molecular weight is 470 g/mol. The van der Waals surface area contributed by atoms with Crippen molar-refractivity contribution in [2.75, 3.05) is 18.0 Å². The monoisotopic (exact) mass is 469 g/mol. The van der Waals surface area contributed by atoms with Gasteiger partial charge < -0.3 is 15.0 Å². The summed E-state index contributed by atoms with van der Waals surface area (Å²) in [5.41, 5.74) is 1.51. The van der Waals surface area contributed by atoms with E-state index in [1.165, 1.54) is 5.56 Å². The van der Waals surface area contributed by atoms with Gasteiger partial charge in [-0.1, -0.05) is 38.1 Å². The maximum Gasteiger partial charge on any atom is 0.410 e. The standard InChI is InChI=1S/C27H39N3O4/c1-19(2)18-21(13-14-24(31)29-17-15-20-10-6-7-11-22(20)29)28-25(32)23-12-8-9-16-30(23)26(33)34-27(3,4)5/h6-7,10-11,13-14,19,21,23H,8-9,12,15-18H2,1-5H3,(H,28,32). The number of benzene rings is 1. The molecule has 0 saturated carbocycles. The Morgan fingerprint density at radius 3 is 2.59 bits per heavy atom. The van der Waals surface area contributed by atoms with Crippen LogP contribution in [0.4, 0.5) is 10.5 Å². The fraction of sp³-hybridized carbons (Fsp3) is 0.593. The number of anilines is 1. The Morgan fingerprint density at radius 2 is 1.88 bits per heavy atom. The van der Waals surface area contributed by atoms with Crippen molar-refractivity contribution in [2.45, 2.75) is 84.4 Å². The molecule has 1 aromatic rings. The predicted molar refractivity (Wildman–Crippen MR) is 134 cm³/mol. The zero-order valence-corrected chi connectivity index (χ0v) is 21.2. The van der Waals surface area contributed by atoms with E-state index in [0.29, 0.717) is 31.8 Å². The zero-order chi connectivity index (χ0) is 24.9. The van der Waals surface area contributed by atoms with Gasteiger partial charge in [-0.3, -0.25) is 14.5 Å². The van der Waals surface area contributed by atoms with Gasteiger partial charge >= 0.3 is 6.09 Å². The number of para-hydroxylation sites is 1. The highest BCUT2D eigenvalue weighted by Gasteiger charge is 2.35. The lowest BCUT2D eigenvalue weighted by molar-refractivity contribution is -0.128. The number of nitrogens with zero attached hydrogens (tertiary/aromatic N) is 2. The molecular formula is C27H39N3O4. The summed E-state index contributed by atoms with van der Waals surface area (Å²) in [6.07, 6.45) is 6.80. The number of hydrogen-bond acceptors (Lipinski definition) is 4. The molecule has 1 fully saturated rings. The van der Waals surface area contributed by atoms with Crippen molar-refractivity contribution in [1.29, 1.82) is 0 Å². The summed E-state index contributed by atoms with van der Waals surface area (Å²) in [6.45, 7) is 10.8. The SMILES string of the molecule is CC(C)CC(C=CC(=O)N1CCc2ccccc21)NC(=O)C1CCCCN1C(=O)OC(C)(C)C. The number of ether oxygens (including phenoxy) is 1.